The third kappa shape index (κ3) is 2.46. The molecule has 1 saturated carbocycles. The molecule has 0 aliphatic heterocycles. The maximum atomic E-state index is 12.4. The Labute approximate surface area is 108 Å². The lowest BCUT2D eigenvalue weighted by Crippen LogP contribution is -2.45. The van der Waals surface area contributed by atoms with Gasteiger partial charge in [-0.25, -0.2) is 8.42 Å². The van der Waals surface area contributed by atoms with Crippen LogP contribution in [0.15, 0.2) is 23.4 Å². The number of hydrogen-bond acceptors (Lipinski definition) is 3. The van der Waals surface area contributed by atoms with E-state index in [1.54, 1.807) is 19.3 Å². The van der Waals surface area contributed by atoms with Crippen LogP contribution in [0.25, 0.3) is 0 Å². The molecule has 0 spiro atoms. The van der Waals surface area contributed by atoms with E-state index in [2.05, 4.69) is 4.98 Å². The van der Waals surface area contributed by atoms with Gasteiger partial charge in [-0.1, -0.05) is 12.8 Å². The zero-order valence-electron chi connectivity index (χ0n) is 10.7. The Morgan fingerprint density at radius 1 is 1.44 bits per heavy atom. The molecule has 1 aromatic heterocycles. The lowest BCUT2D eigenvalue weighted by molar-refractivity contribution is 0.204. The predicted octanol–water partition coefficient (Wildman–Crippen LogP) is 1.15. The van der Waals surface area contributed by atoms with Crippen LogP contribution in [0.4, 0.5) is 0 Å². The summed E-state index contributed by atoms with van der Waals surface area (Å²) in [5, 5.41) is 0. The molecule has 2 rings (SSSR count). The van der Waals surface area contributed by atoms with Gasteiger partial charge in [0, 0.05) is 25.5 Å². The van der Waals surface area contributed by atoms with Gasteiger partial charge < -0.3 is 10.7 Å². The van der Waals surface area contributed by atoms with E-state index < -0.39 is 10.0 Å². The van der Waals surface area contributed by atoms with Crippen molar-refractivity contribution in [3.63, 3.8) is 0 Å². The van der Waals surface area contributed by atoms with Crippen LogP contribution in [-0.4, -0.2) is 37.3 Å². The minimum Gasteiger partial charge on any atom is -0.366 e. The molecule has 2 atom stereocenters. The lowest BCUT2D eigenvalue weighted by atomic mass is 9.85. The molecule has 0 saturated heterocycles. The van der Waals surface area contributed by atoms with Crippen LogP contribution in [0.2, 0.25) is 0 Å². The second-order valence-corrected chi connectivity index (χ2v) is 6.91. The van der Waals surface area contributed by atoms with Gasteiger partial charge in [-0.15, -0.1) is 0 Å². The van der Waals surface area contributed by atoms with Crippen LogP contribution in [0.1, 0.15) is 25.7 Å². The molecule has 0 amide bonds. The molecule has 1 aliphatic carbocycles. The summed E-state index contributed by atoms with van der Waals surface area (Å²) in [6.45, 7) is 0.553. The minimum atomic E-state index is -3.39. The van der Waals surface area contributed by atoms with Gasteiger partial charge in [-0.2, -0.15) is 4.31 Å². The van der Waals surface area contributed by atoms with E-state index in [4.69, 9.17) is 5.73 Å². The third-order valence-corrected chi connectivity index (χ3v) is 5.76. The fourth-order valence-corrected chi connectivity index (χ4v) is 4.18. The molecule has 6 heteroatoms. The van der Waals surface area contributed by atoms with Gasteiger partial charge in [0.2, 0.25) is 10.0 Å². The summed E-state index contributed by atoms with van der Waals surface area (Å²) in [6, 6.07) is 1.62. The fraction of sp³-hybridized carbons (Fsp3) is 0.667. The standard InChI is InChI=1S/C12H21N3O2S/c1-15(12-5-3-2-4-10(12)8-13)18(16,17)11-6-7-14-9-11/h6-7,9-10,12,14H,2-5,8,13H2,1H3. The van der Waals surface area contributed by atoms with E-state index in [0.717, 1.165) is 25.7 Å². The molecule has 1 aliphatic rings. The average Bonchev–Trinajstić information content (AvgIpc) is 2.92. The van der Waals surface area contributed by atoms with Gasteiger partial charge in [-0.3, -0.25) is 0 Å². The molecule has 0 radical (unpaired) electrons. The van der Waals surface area contributed by atoms with Crippen molar-refractivity contribution >= 4 is 10.0 Å². The van der Waals surface area contributed by atoms with Crippen molar-refractivity contribution < 1.29 is 8.42 Å². The zero-order chi connectivity index (χ0) is 13.2. The molecule has 0 bridgehead atoms. The van der Waals surface area contributed by atoms with Gasteiger partial charge in [0.15, 0.2) is 0 Å². The van der Waals surface area contributed by atoms with Gasteiger partial charge in [0.05, 0.1) is 4.90 Å². The maximum absolute atomic E-state index is 12.4. The van der Waals surface area contributed by atoms with E-state index in [0.29, 0.717) is 11.4 Å². The first-order valence-electron chi connectivity index (χ1n) is 6.38. The summed E-state index contributed by atoms with van der Waals surface area (Å²) >= 11 is 0. The van der Waals surface area contributed by atoms with Crippen LogP contribution in [-0.2, 0) is 10.0 Å². The normalized spacial score (nSPS) is 25.5. The first-order valence-corrected chi connectivity index (χ1v) is 7.82. The number of H-pyrrole nitrogens is 1. The van der Waals surface area contributed by atoms with Gasteiger partial charge in [0.25, 0.3) is 0 Å². The van der Waals surface area contributed by atoms with Crippen molar-refractivity contribution in [2.75, 3.05) is 13.6 Å². The first kappa shape index (κ1) is 13.6. The van der Waals surface area contributed by atoms with Crippen molar-refractivity contribution in [3.8, 4) is 0 Å². The van der Waals surface area contributed by atoms with E-state index in [1.165, 1.54) is 10.5 Å². The molecular formula is C12H21N3O2S. The molecule has 5 nitrogen and oxygen atoms in total. The Morgan fingerprint density at radius 2 is 2.17 bits per heavy atom. The number of nitrogens with one attached hydrogen (secondary N) is 1. The van der Waals surface area contributed by atoms with E-state index in [-0.39, 0.29) is 12.0 Å². The van der Waals surface area contributed by atoms with E-state index in [9.17, 15) is 8.42 Å². The number of hydrogen-bond donors (Lipinski definition) is 2. The quantitative estimate of drug-likeness (QED) is 0.862. The largest absolute Gasteiger partial charge is 0.366 e. The number of rotatable bonds is 4. The van der Waals surface area contributed by atoms with Crippen molar-refractivity contribution in [2.45, 2.75) is 36.6 Å². The van der Waals surface area contributed by atoms with Crippen molar-refractivity contribution in [3.05, 3.63) is 18.5 Å². The highest BCUT2D eigenvalue weighted by atomic mass is 32.2. The predicted molar refractivity (Wildman–Crippen MR) is 70.5 cm³/mol. The summed E-state index contributed by atoms with van der Waals surface area (Å²) in [4.78, 5) is 3.11. The average molecular weight is 271 g/mol. The zero-order valence-corrected chi connectivity index (χ0v) is 11.5. The molecule has 102 valence electrons. The Bertz CT molecular complexity index is 470. The number of sulfonamides is 1. The Kier molecular flexibility index (Phi) is 4.09. The topological polar surface area (TPSA) is 79.2 Å². The molecule has 1 heterocycles. The van der Waals surface area contributed by atoms with Crippen LogP contribution in [0, 0.1) is 5.92 Å². The fourth-order valence-electron chi connectivity index (χ4n) is 2.76. The highest BCUT2D eigenvalue weighted by Crippen LogP contribution is 2.30. The molecule has 18 heavy (non-hydrogen) atoms. The van der Waals surface area contributed by atoms with E-state index in [1.807, 2.05) is 0 Å². The summed E-state index contributed by atoms with van der Waals surface area (Å²) < 4.78 is 26.3. The minimum absolute atomic E-state index is 0.0312. The summed E-state index contributed by atoms with van der Waals surface area (Å²) in [5.41, 5.74) is 5.77. The smallest absolute Gasteiger partial charge is 0.244 e. The number of aromatic amines is 1. The summed E-state index contributed by atoms with van der Waals surface area (Å²) in [6.07, 6.45) is 7.30. The molecule has 3 N–H and O–H groups in total. The van der Waals surface area contributed by atoms with Crippen LogP contribution >= 0.6 is 0 Å². The second kappa shape index (κ2) is 5.42. The second-order valence-electron chi connectivity index (χ2n) is 4.92. The summed E-state index contributed by atoms with van der Waals surface area (Å²) in [7, 11) is -1.72. The summed E-state index contributed by atoms with van der Waals surface area (Å²) in [5.74, 6) is 0.275. The maximum Gasteiger partial charge on any atom is 0.244 e. The highest BCUT2D eigenvalue weighted by molar-refractivity contribution is 7.89. The number of nitrogens with two attached hydrogens (primary N) is 1. The molecule has 2 unspecified atom stereocenters. The Morgan fingerprint density at radius 3 is 2.78 bits per heavy atom. The van der Waals surface area contributed by atoms with Crippen molar-refractivity contribution in [1.82, 2.24) is 9.29 Å². The number of aromatic nitrogens is 1. The van der Waals surface area contributed by atoms with Crippen molar-refractivity contribution in [2.24, 2.45) is 11.7 Å². The first-order chi connectivity index (χ1) is 8.57. The Balaban J connectivity index is 2.22. The van der Waals surface area contributed by atoms with Gasteiger partial charge in [0.1, 0.15) is 0 Å². The van der Waals surface area contributed by atoms with Crippen LogP contribution < -0.4 is 5.73 Å². The monoisotopic (exact) mass is 271 g/mol. The molecule has 1 aromatic rings. The van der Waals surface area contributed by atoms with Crippen LogP contribution in [0.5, 0.6) is 0 Å². The Hall–Kier alpha value is -0.850. The lowest BCUT2D eigenvalue weighted by Gasteiger charge is -2.36. The third-order valence-electron chi connectivity index (χ3n) is 3.89. The highest BCUT2D eigenvalue weighted by Gasteiger charge is 2.34. The molecule has 1 fully saturated rings. The molecular weight excluding hydrogens is 250 g/mol. The van der Waals surface area contributed by atoms with Gasteiger partial charge in [-0.05, 0) is 31.4 Å². The van der Waals surface area contributed by atoms with Gasteiger partial charge >= 0.3 is 0 Å². The van der Waals surface area contributed by atoms with Crippen LogP contribution in [0.3, 0.4) is 0 Å². The van der Waals surface area contributed by atoms with Crippen molar-refractivity contribution in [1.29, 1.82) is 0 Å². The number of nitrogens with zero attached hydrogens (tertiary/aromatic N) is 1. The van der Waals surface area contributed by atoms with E-state index >= 15 is 0 Å². The molecule has 0 aromatic carbocycles. The SMILES string of the molecule is CN(C1CCCCC1CN)S(=O)(=O)c1cc[nH]c1.